The molecule has 4 fully saturated rings. The van der Waals surface area contributed by atoms with Crippen LogP contribution in [0.15, 0.2) is 24.3 Å². The average molecular weight is 446 g/mol. The molecule has 1 heterocycles. The topological polar surface area (TPSA) is 60.9 Å². The first kappa shape index (κ1) is 21.4. The SMILES string of the molecule is CN(C1CCN(c2ccc(C3(CN(C4CCC4)C4CCC4)CC3)cc2)C1=O)S(C)(=O)=O. The monoisotopic (exact) mass is 445 g/mol. The third kappa shape index (κ3) is 3.93. The molecule has 4 aliphatic rings. The summed E-state index contributed by atoms with van der Waals surface area (Å²) >= 11 is 0. The Hall–Kier alpha value is -1.44. The Morgan fingerprint density at radius 1 is 1.00 bits per heavy atom. The van der Waals surface area contributed by atoms with Crippen molar-refractivity contribution in [1.29, 1.82) is 0 Å². The van der Waals surface area contributed by atoms with Gasteiger partial charge in [-0.3, -0.25) is 9.69 Å². The molecule has 1 aliphatic heterocycles. The number of likely N-dealkylation sites (N-methyl/N-ethyl adjacent to an activating group) is 1. The first-order valence-corrected chi connectivity index (χ1v) is 13.7. The quantitative estimate of drug-likeness (QED) is 0.617. The van der Waals surface area contributed by atoms with E-state index in [9.17, 15) is 13.2 Å². The van der Waals surface area contributed by atoms with Gasteiger partial charge >= 0.3 is 0 Å². The smallest absolute Gasteiger partial charge is 0.245 e. The van der Waals surface area contributed by atoms with Crippen molar-refractivity contribution in [3.8, 4) is 0 Å². The van der Waals surface area contributed by atoms with Crippen LogP contribution in [-0.2, 0) is 20.2 Å². The lowest BCUT2D eigenvalue weighted by Gasteiger charge is -2.47. The van der Waals surface area contributed by atoms with Gasteiger partial charge in [0.1, 0.15) is 6.04 Å². The molecule has 1 amide bonds. The molecule has 0 radical (unpaired) electrons. The van der Waals surface area contributed by atoms with E-state index in [1.807, 2.05) is 0 Å². The number of hydrogen-bond acceptors (Lipinski definition) is 4. The van der Waals surface area contributed by atoms with Crippen molar-refractivity contribution < 1.29 is 13.2 Å². The number of nitrogens with zero attached hydrogens (tertiary/aromatic N) is 3. The van der Waals surface area contributed by atoms with Gasteiger partial charge in [-0.05, 0) is 62.6 Å². The second-order valence-corrected chi connectivity index (χ2v) is 12.3. The maximum absolute atomic E-state index is 12.9. The van der Waals surface area contributed by atoms with E-state index in [1.165, 1.54) is 74.8 Å². The van der Waals surface area contributed by atoms with E-state index >= 15 is 0 Å². The second kappa shape index (κ2) is 7.85. The third-order valence-corrected chi connectivity index (χ3v) is 9.66. The zero-order valence-corrected chi connectivity index (χ0v) is 19.6. The number of benzene rings is 1. The van der Waals surface area contributed by atoms with Crippen LogP contribution in [0.1, 0.15) is 63.4 Å². The lowest BCUT2D eigenvalue weighted by Crippen LogP contribution is -2.52. The molecule has 7 heteroatoms. The number of anilines is 1. The summed E-state index contributed by atoms with van der Waals surface area (Å²) in [7, 11) is -1.88. The van der Waals surface area contributed by atoms with E-state index in [4.69, 9.17) is 0 Å². The number of carbonyl (C=O) groups is 1. The molecule has 1 aromatic carbocycles. The van der Waals surface area contributed by atoms with Gasteiger partial charge in [0.25, 0.3) is 0 Å². The maximum atomic E-state index is 12.9. The van der Waals surface area contributed by atoms with Crippen LogP contribution in [0.5, 0.6) is 0 Å². The Morgan fingerprint density at radius 2 is 1.58 bits per heavy atom. The van der Waals surface area contributed by atoms with E-state index in [0.717, 1.165) is 24.0 Å². The van der Waals surface area contributed by atoms with E-state index < -0.39 is 16.1 Å². The van der Waals surface area contributed by atoms with Crippen LogP contribution in [0, 0.1) is 0 Å². The van der Waals surface area contributed by atoms with Gasteiger partial charge in [-0.1, -0.05) is 25.0 Å². The summed E-state index contributed by atoms with van der Waals surface area (Å²) in [5.41, 5.74) is 2.57. The first-order chi connectivity index (χ1) is 14.8. The molecular formula is C24H35N3O3S. The summed E-state index contributed by atoms with van der Waals surface area (Å²) in [6, 6.07) is 9.55. The number of hydrogen-bond donors (Lipinski definition) is 0. The minimum atomic E-state index is -3.38. The maximum Gasteiger partial charge on any atom is 0.245 e. The molecule has 3 saturated carbocycles. The Morgan fingerprint density at radius 3 is 2.03 bits per heavy atom. The Kier molecular flexibility index (Phi) is 5.42. The Labute approximate surface area is 186 Å². The van der Waals surface area contributed by atoms with Gasteiger partial charge < -0.3 is 4.90 Å². The highest BCUT2D eigenvalue weighted by Gasteiger charge is 2.48. The van der Waals surface area contributed by atoms with Gasteiger partial charge in [0, 0.05) is 43.3 Å². The fourth-order valence-electron chi connectivity index (χ4n) is 5.52. The average Bonchev–Trinajstić information content (AvgIpc) is 3.32. The zero-order chi connectivity index (χ0) is 21.8. The van der Waals surface area contributed by atoms with Crippen molar-refractivity contribution >= 4 is 21.6 Å². The van der Waals surface area contributed by atoms with E-state index in [2.05, 4.69) is 29.2 Å². The fourth-order valence-corrected chi connectivity index (χ4v) is 6.17. The van der Waals surface area contributed by atoms with Crippen molar-refractivity contribution in [3.63, 3.8) is 0 Å². The van der Waals surface area contributed by atoms with Gasteiger partial charge in [-0.15, -0.1) is 0 Å². The van der Waals surface area contributed by atoms with Crippen molar-refractivity contribution in [2.75, 3.05) is 31.3 Å². The first-order valence-electron chi connectivity index (χ1n) is 11.9. The van der Waals surface area contributed by atoms with Crippen LogP contribution in [0.3, 0.4) is 0 Å². The number of sulfonamides is 1. The van der Waals surface area contributed by atoms with Crippen LogP contribution in [0.4, 0.5) is 5.69 Å². The van der Waals surface area contributed by atoms with Crippen molar-refractivity contribution in [3.05, 3.63) is 29.8 Å². The molecular weight excluding hydrogens is 410 g/mol. The van der Waals surface area contributed by atoms with Gasteiger partial charge in [-0.25, -0.2) is 8.42 Å². The minimum Gasteiger partial charge on any atom is -0.311 e. The zero-order valence-electron chi connectivity index (χ0n) is 18.8. The summed E-state index contributed by atoms with van der Waals surface area (Å²) in [5, 5.41) is 0. The molecule has 1 atom stereocenters. The molecule has 31 heavy (non-hydrogen) atoms. The van der Waals surface area contributed by atoms with Crippen LogP contribution in [0.25, 0.3) is 0 Å². The molecule has 1 saturated heterocycles. The lowest BCUT2D eigenvalue weighted by atomic mass is 9.82. The highest BCUT2D eigenvalue weighted by molar-refractivity contribution is 7.88. The summed E-state index contributed by atoms with van der Waals surface area (Å²) in [4.78, 5) is 17.5. The molecule has 0 N–H and O–H groups in total. The van der Waals surface area contributed by atoms with Gasteiger partial charge in [0.2, 0.25) is 15.9 Å². The standard InChI is InChI=1S/C24H35N3O3S/c1-25(31(2,29)30)22-13-16-26(23(22)28)21-11-9-18(10-12-21)24(14-15-24)17-27(19-5-3-6-19)20-7-4-8-20/h9-12,19-20,22H,3-8,13-17H2,1-2H3. The summed E-state index contributed by atoms with van der Waals surface area (Å²) in [6.45, 7) is 1.75. The highest BCUT2D eigenvalue weighted by atomic mass is 32.2. The number of amides is 1. The van der Waals surface area contributed by atoms with E-state index in [-0.39, 0.29) is 11.3 Å². The van der Waals surface area contributed by atoms with Crippen molar-refractivity contribution in [1.82, 2.24) is 9.21 Å². The molecule has 1 aromatic rings. The van der Waals surface area contributed by atoms with Gasteiger partial charge in [-0.2, -0.15) is 4.31 Å². The molecule has 0 bridgehead atoms. The third-order valence-electron chi connectivity index (χ3n) is 8.36. The second-order valence-electron chi connectivity index (χ2n) is 10.2. The summed E-state index contributed by atoms with van der Waals surface area (Å²) in [5.74, 6) is -0.122. The van der Waals surface area contributed by atoms with Crippen LogP contribution < -0.4 is 4.90 Å². The van der Waals surface area contributed by atoms with Gasteiger partial charge in [0.15, 0.2) is 0 Å². The fraction of sp³-hybridized carbons (Fsp3) is 0.708. The van der Waals surface area contributed by atoms with Crippen molar-refractivity contribution in [2.45, 2.75) is 81.3 Å². The molecule has 1 unspecified atom stereocenters. The van der Waals surface area contributed by atoms with Gasteiger partial charge in [0.05, 0.1) is 6.26 Å². The van der Waals surface area contributed by atoms with Crippen LogP contribution in [-0.4, -0.2) is 68.0 Å². The highest BCUT2D eigenvalue weighted by Crippen LogP contribution is 2.51. The molecule has 6 nitrogen and oxygen atoms in total. The van der Waals surface area contributed by atoms with E-state index in [1.54, 1.807) is 4.90 Å². The lowest BCUT2D eigenvalue weighted by molar-refractivity contribution is -0.120. The van der Waals surface area contributed by atoms with E-state index in [0.29, 0.717) is 13.0 Å². The number of rotatable bonds is 8. The normalized spacial score (nSPS) is 26.4. The Balaban J connectivity index is 1.28. The van der Waals surface area contributed by atoms with Crippen LogP contribution >= 0.6 is 0 Å². The Bertz CT molecular complexity index is 919. The van der Waals surface area contributed by atoms with Crippen molar-refractivity contribution in [2.24, 2.45) is 0 Å². The molecule has 5 rings (SSSR count). The van der Waals surface area contributed by atoms with Crippen LogP contribution in [0.2, 0.25) is 0 Å². The predicted octanol–water partition coefficient (Wildman–Crippen LogP) is 3.12. The predicted molar refractivity (Wildman–Crippen MR) is 123 cm³/mol. The number of carbonyl (C=O) groups excluding carboxylic acids is 1. The molecule has 0 spiro atoms. The summed E-state index contributed by atoms with van der Waals surface area (Å²) in [6.07, 6.45) is 12.4. The largest absolute Gasteiger partial charge is 0.311 e. The minimum absolute atomic E-state index is 0.122. The molecule has 170 valence electrons. The molecule has 3 aliphatic carbocycles. The molecule has 0 aromatic heterocycles. The summed E-state index contributed by atoms with van der Waals surface area (Å²) < 4.78 is 24.9.